The van der Waals surface area contributed by atoms with Crippen LogP contribution in [0.5, 0.6) is 0 Å². The van der Waals surface area contributed by atoms with Crippen molar-refractivity contribution >= 4 is 17.8 Å². The van der Waals surface area contributed by atoms with E-state index in [0.29, 0.717) is 11.1 Å². The topological polar surface area (TPSA) is 89.5 Å². The third kappa shape index (κ3) is 3.77. The molecule has 3 rings (SSSR count). The van der Waals surface area contributed by atoms with Crippen molar-refractivity contribution < 1.29 is 9.72 Å². The fourth-order valence-electron chi connectivity index (χ4n) is 2.95. The number of aromatic nitrogens is 1. The second-order valence-corrected chi connectivity index (χ2v) is 5.97. The van der Waals surface area contributed by atoms with Gasteiger partial charge in [0, 0.05) is 23.1 Å². The van der Waals surface area contributed by atoms with E-state index in [4.69, 9.17) is 0 Å². The van der Waals surface area contributed by atoms with Crippen molar-refractivity contribution in [3.05, 3.63) is 93.3 Å². The molecule has 1 amide bonds. The molecule has 0 atom stereocenters. The largest absolute Gasteiger partial charge is 0.318 e. The number of nitrogens with zero attached hydrogens (tertiary/aromatic N) is 3. The van der Waals surface area contributed by atoms with E-state index in [-0.39, 0.29) is 11.6 Å². The Morgan fingerprint density at radius 1 is 1.11 bits per heavy atom. The number of aryl methyl sites for hydroxylation is 1. The Balaban J connectivity index is 1.81. The normalized spacial score (nSPS) is 10.9. The third-order valence-corrected chi connectivity index (χ3v) is 4.19. The van der Waals surface area contributed by atoms with E-state index in [9.17, 15) is 14.9 Å². The minimum Gasteiger partial charge on any atom is -0.318 e. The summed E-state index contributed by atoms with van der Waals surface area (Å²) < 4.78 is 1.99. The van der Waals surface area contributed by atoms with Crippen LogP contribution in [0.1, 0.15) is 27.3 Å². The lowest BCUT2D eigenvalue weighted by molar-refractivity contribution is -0.385. The van der Waals surface area contributed by atoms with E-state index in [2.05, 4.69) is 10.5 Å². The quantitative estimate of drug-likeness (QED) is 0.426. The van der Waals surface area contributed by atoms with Crippen LogP contribution in [0.15, 0.2) is 65.8 Å². The number of amides is 1. The van der Waals surface area contributed by atoms with Crippen molar-refractivity contribution in [1.29, 1.82) is 0 Å². The third-order valence-electron chi connectivity index (χ3n) is 4.19. The highest BCUT2D eigenvalue weighted by Crippen LogP contribution is 2.20. The van der Waals surface area contributed by atoms with Gasteiger partial charge in [0.05, 0.1) is 22.3 Å². The molecule has 7 nitrogen and oxygen atoms in total. The maximum Gasteiger partial charge on any atom is 0.278 e. The molecule has 0 saturated heterocycles. The van der Waals surface area contributed by atoms with Gasteiger partial charge in [-0.2, -0.15) is 5.10 Å². The van der Waals surface area contributed by atoms with E-state index in [0.717, 1.165) is 17.1 Å². The fourth-order valence-corrected chi connectivity index (χ4v) is 2.95. The number of hydrazone groups is 1. The van der Waals surface area contributed by atoms with Gasteiger partial charge >= 0.3 is 0 Å². The molecular formula is C20H18N4O3. The Morgan fingerprint density at radius 2 is 1.78 bits per heavy atom. The summed E-state index contributed by atoms with van der Waals surface area (Å²) in [4.78, 5) is 23.0. The molecular weight excluding hydrogens is 344 g/mol. The van der Waals surface area contributed by atoms with Crippen LogP contribution in [0.2, 0.25) is 0 Å². The van der Waals surface area contributed by atoms with Crippen molar-refractivity contribution in [3.8, 4) is 5.69 Å². The van der Waals surface area contributed by atoms with Crippen LogP contribution < -0.4 is 5.43 Å². The minimum absolute atomic E-state index is 0.0715. The van der Waals surface area contributed by atoms with Crippen LogP contribution in [0.3, 0.4) is 0 Å². The lowest BCUT2D eigenvalue weighted by Gasteiger charge is -2.09. The Hall–Kier alpha value is -3.74. The van der Waals surface area contributed by atoms with Gasteiger partial charge in [0.1, 0.15) is 0 Å². The van der Waals surface area contributed by atoms with Gasteiger partial charge in [-0.15, -0.1) is 0 Å². The van der Waals surface area contributed by atoms with E-state index in [1.54, 1.807) is 24.3 Å². The van der Waals surface area contributed by atoms with Gasteiger partial charge in [-0.1, -0.05) is 30.3 Å². The Labute approximate surface area is 156 Å². The van der Waals surface area contributed by atoms with Crippen LogP contribution in [-0.4, -0.2) is 21.6 Å². The number of carbonyl (C=O) groups excluding carboxylic acids is 1. The molecule has 1 N–H and O–H groups in total. The number of rotatable bonds is 5. The highest BCUT2D eigenvalue weighted by atomic mass is 16.6. The maximum absolute atomic E-state index is 12.5. The summed E-state index contributed by atoms with van der Waals surface area (Å²) in [6, 6.07) is 17.7. The van der Waals surface area contributed by atoms with Crippen LogP contribution in [0, 0.1) is 24.0 Å². The molecule has 0 fully saturated rings. The first-order chi connectivity index (χ1) is 13.0. The number of hydrogen-bond acceptors (Lipinski definition) is 4. The number of carbonyl (C=O) groups is 1. The highest BCUT2D eigenvalue weighted by molar-refractivity contribution is 5.96. The maximum atomic E-state index is 12.5. The lowest BCUT2D eigenvalue weighted by atomic mass is 10.2. The predicted molar refractivity (Wildman–Crippen MR) is 103 cm³/mol. The van der Waals surface area contributed by atoms with Gasteiger partial charge < -0.3 is 4.57 Å². The minimum atomic E-state index is -0.489. The van der Waals surface area contributed by atoms with E-state index < -0.39 is 4.92 Å². The molecule has 0 saturated carbocycles. The van der Waals surface area contributed by atoms with E-state index >= 15 is 0 Å². The summed E-state index contributed by atoms with van der Waals surface area (Å²) in [6.07, 6.45) is 1.27. The molecule has 27 heavy (non-hydrogen) atoms. The van der Waals surface area contributed by atoms with E-state index in [1.807, 2.05) is 48.7 Å². The SMILES string of the molecule is Cc1cc(C(=O)N/N=C/c2ccccc2[N+](=O)[O-])c(C)n1-c1ccccc1. The summed E-state index contributed by atoms with van der Waals surface area (Å²) in [5, 5.41) is 14.9. The highest BCUT2D eigenvalue weighted by Gasteiger charge is 2.16. The van der Waals surface area contributed by atoms with Crippen molar-refractivity contribution in [1.82, 2.24) is 9.99 Å². The van der Waals surface area contributed by atoms with Crippen molar-refractivity contribution in [2.75, 3.05) is 0 Å². The zero-order valence-electron chi connectivity index (χ0n) is 14.9. The zero-order chi connectivity index (χ0) is 19.4. The zero-order valence-corrected chi connectivity index (χ0v) is 14.9. The van der Waals surface area contributed by atoms with Gasteiger partial charge in [0.2, 0.25) is 0 Å². The summed E-state index contributed by atoms with van der Waals surface area (Å²) in [7, 11) is 0. The summed E-state index contributed by atoms with van der Waals surface area (Å²) >= 11 is 0. The summed E-state index contributed by atoms with van der Waals surface area (Å²) in [6.45, 7) is 3.79. The second kappa shape index (κ2) is 7.65. The van der Waals surface area contributed by atoms with Gasteiger partial charge in [-0.05, 0) is 38.1 Å². The smallest absolute Gasteiger partial charge is 0.278 e. The molecule has 0 aliphatic rings. The molecule has 0 radical (unpaired) electrons. The molecule has 3 aromatic rings. The van der Waals surface area contributed by atoms with Gasteiger partial charge in [0.25, 0.3) is 11.6 Å². The standard InChI is InChI=1S/C20H18N4O3/c1-14-12-18(15(2)23(14)17-9-4-3-5-10-17)20(25)22-21-13-16-8-6-7-11-19(16)24(26)27/h3-13H,1-2H3,(H,22,25)/b21-13+. The van der Waals surface area contributed by atoms with Gasteiger partial charge in [0.15, 0.2) is 0 Å². The predicted octanol–water partition coefficient (Wildman–Crippen LogP) is 3.77. The van der Waals surface area contributed by atoms with Crippen molar-refractivity contribution in [2.24, 2.45) is 5.10 Å². The Kier molecular flexibility index (Phi) is 5.12. The first-order valence-corrected chi connectivity index (χ1v) is 8.30. The average molecular weight is 362 g/mol. The Bertz CT molecular complexity index is 1020. The molecule has 1 aromatic heterocycles. The average Bonchev–Trinajstić information content (AvgIpc) is 2.97. The lowest BCUT2D eigenvalue weighted by Crippen LogP contribution is -2.18. The van der Waals surface area contributed by atoms with E-state index in [1.165, 1.54) is 12.3 Å². The van der Waals surface area contributed by atoms with Gasteiger partial charge in [-0.3, -0.25) is 14.9 Å². The monoisotopic (exact) mass is 362 g/mol. The summed E-state index contributed by atoms with van der Waals surface area (Å²) in [5.74, 6) is -0.375. The molecule has 2 aromatic carbocycles. The van der Waals surface area contributed by atoms with Crippen molar-refractivity contribution in [2.45, 2.75) is 13.8 Å². The Morgan fingerprint density at radius 3 is 2.48 bits per heavy atom. The molecule has 0 spiro atoms. The van der Waals surface area contributed by atoms with Crippen LogP contribution in [-0.2, 0) is 0 Å². The van der Waals surface area contributed by atoms with Crippen LogP contribution >= 0.6 is 0 Å². The number of para-hydroxylation sites is 2. The molecule has 1 heterocycles. The molecule has 136 valence electrons. The second-order valence-electron chi connectivity index (χ2n) is 5.97. The van der Waals surface area contributed by atoms with Crippen molar-refractivity contribution in [3.63, 3.8) is 0 Å². The van der Waals surface area contributed by atoms with Crippen LogP contribution in [0.25, 0.3) is 5.69 Å². The number of nitrogens with one attached hydrogen (secondary N) is 1. The molecule has 7 heteroatoms. The molecule has 0 aliphatic heterocycles. The molecule has 0 unspecified atom stereocenters. The number of hydrogen-bond donors (Lipinski definition) is 1. The number of benzene rings is 2. The summed E-state index contributed by atoms with van der Waals surface area (Å²) in [5.41, 5.74) is 5.86. The van der Waals surface area contributed by atoms with Crippen LogP contribution in [0.4, 0.5) is 5.69 Å². The molecule has 0 aliphatic carbocycles. The van der Waals surface area contributed by atoms with Gasteiger partial charge in [-0.25, -0.2) is 5.43 Å². The molecule has 0 bridgehead atoms. The number of nitro benzene ring substituents is 1. The first-order valence-electron chi connectivity index (χ1n) is 8.30. The fraction of sp³-hybridized carbons (Fsp3) is 0.100. The first kappa shape index (κ1) is 18.1. The number of nitro groups is 1.